The molecule has 1 aromatic heterocycles. The Balaban J connectivity index is 1.77. The van der Waals surface area contributed by atoms with Crippen LogP contribution < -0.4 is 5.32 Å². The van der Waals surface area contributed by atoms with Gasteiger partial charge in [-0.15, -0.1) is 0 Å². The summed E-state index contributed by atoms with van der Waals surface area (Å²) in [5.74, 6) is 1.27. The molecule has 0 aliphatic carbocycles. The summed E-state index contributed by atoms with van der Waals surface area (Å²) < 4.78 is 19.3. The minimum absolute atomic E-state index is 0.320. The van der Waals surface area contributed by atoms with Crippen LogP contribution in [0.15, 0.2) is 27.2 Å². The fraction of sp³-hybridized carbons (Fsp3) is 0.429. The van der Waals surface area contributed by atoms with Gasteiger partial charge in [0.2, 0.25) is 0 Å². The molecule has 1 aromatic carbocycles. The SMILES string of the molecule is Fc1ccc(Br)c(-c2nc(CC3CCCNC3)no2)c1. The van der Waals surface area contributed by atoms with Gasteiger partial charge >= 0.3 is 0 Å². The standard InChI is InChI=1S/C14H15BrFN3O/c15-12-4-3-10(16)7-11(12)14-18-13(19-20-14)6-9-2-1-5-17-8-9/h3-4,7,9,17H,1-2,5-6,8H2. The van der Waals surface area contributed by atoms with Crippen LogP contribution in [0.25, 0.3) is 11.5 Å². The Kier molecular flexibility index (Phi) is 4.12. The number of benzene rings is 1. The number of nitrogens with one attached hydrogen (secondary N) is 1. The second-order valence-corrected chi connectivity index (χ2v) is 5.91. The van der Waals surface area contributed by atoms with Crippen LogP contribution in [0.1, 0.15) is 18.7 Å². The summed E-state index contributed by atoms with van der Waals surface area (Å²) in [6.07, 6.45) is 3.16. The van der Waals surface area contributed by atoms with Crippen molar-refractivity contribution in [2.24, 2.45) is 5.92 Å². The number of hydrogen-bond donors (Lipinski definition) is 1. The Morgan fingerprint density at radius 1 is 1.45 bits per heavy atom. The molecule has 0 radical (unpaired) electrons. The first kappa shape index (κ1) is 13.7. The van der Waals surface area contributed by atoms with Crippen LogP contribution in [-0.4, -0.2) is 23.2 Å². The van der Waals surface area contributed by atoms with E-state index in [-0.39, 0.29) is 5.82 Å². The summed E-state index contributed by atoms with van der Waals surface area (Å²) in [7, 11) is 0. The summed E-state index contributed by atoms with van der Waals surface area (Å²) in [5, 5.41) is 7.37. The van der Waals surface area contributed by atoms with E-state index >= 15 is 0 Å². The van der Waals surface area contributed by atoms with Crippen molar-refractivity contribution in [3.63, 3.8) is 0 Å². The molecule has 1 fully saturated rings. The average molecular weight is 340 g/mol. The normalized spacial score (nSPS) is 19.2. The van der Waals surface area contributed by atoms with Crippen molar-refractivity contribution in [2.75, 3.05) is 13.1 Å². The molecule has 106 valence electrons. The molecule has 2 aromatic rings. The molecule has 0 saturated carbocycles. The topological polar surface area (TPSA) is 51.0 Å². The first-order chi connectivity index (χ1) is 9.72. The van der Waals surface area contributed by atoms with Gasteiger partial charge in [-0.05, 0) is 66.0 Å². The Bertz CT molecular complexity index is 596. The highest BCUT2D eigenvalue weighted by molar-refractivity contribution is 9.10. The van der Waals surface area contributed by atoms with Crippen molar-refractivity contribution >= 4 is 15.9 Å². The maximum atomic E-state index is 13.3. The molecular weight excluding hydrogens is 325 g/mol. The molecule has 6 heteroatoms. The molecule has 3 rings (SSSR count). The molecule has 0 spiro atoms. The second-order valence-electron chi connectivity index (χ2n) is 5.06. The highest BCUT2D eigenvalue weighted by Gasteiger charge is 2.18. The lowest BCUT2D eigenvalue weighted by atomic mass is 9.96. The van der Waals surface area contributed by atoms with Gasteiger partial charge in [-0.1, -0.05) is 5.16 Å². The second kappa shape index (κ2) is 6.01. The van der Waals surface area contributed by atoms with E-state index in [0.29, 0.717) is 23.2 Å². The first-order valence-electron chi connectivity index (χ1n) is 6.71. The lowest BCUT2D eigenvalue weighted by Crippen LogP contribution is -2.31. The molecular formula is C14H15BrFN3O. The van der Waals surface area contributed by atoms with Crippen LogP contribution in [0.4, 0.5) is 4.39 Å². The molecule has 1 aliphatic heterocycles. The zero-order chi connectivity index (χ0) is 13.9. The number of piperidine rings is 1. The molecule has 0 bridgehead atoms. The molecule has 0 amide bonds. The van der Waals surface area contributed by atoms with E-state index < -0.39 is 0 Å². The number of aromatic nitrogens is 2. The van der Waals surface area contributed by atoms with Gasteiger partial charge < -0.3 is 9.84 Å². The molecule has 1 atom stereocenters. The maximum Gasteiger partial charge on any atom is 0.259 e. The molecule has 1 saturated heterocycles. The van der Waals surface area contributed by atoms with Crippen LogP contribution >= 0.6 is 15.9 Å². The molecule has 1 aliphatic rings. The van der Waals surface area contributed by atoms with Crippen molar-refractivity contribution in [3.8, 4) is 11.5 Å². The van der Waals surface area contributed by atoms with E-state index in [1.807, 2.05) is 0 Å². The van der Waals surface area contributed by atoms with Crippen LogP contribution in [0, 0.1) is 11.7 Å². The number of hydrogen-bond acceptors (Lipinski definition) is 4. The summed E-state index contributed by atoms with van der Waals surface area (Å²) in [4.78, 5) is 4.37. The van der Waals surface area contributed by atoms with Gasteiger partial charge in [0.25, 0.3) is 5.89 Å². The van der Waals surface area contributed by atoms with E-state index in [9.17, 15) is 4.39 Å². The number of halogens is 2. The van der Waals surface area contributed by atoms with Gasteiger partial charge in [0, 0.05) is 10.9 Å². The number of rotatable bonds is 3. The van der Waals surface area contributed by atoms with Crippen LogP contribution in [-0.2, 0) is 6.42 Å². The summed E-state index contributed by atoms with van der Waals surface area (Å²) in [5.41, 5.74) is 0.588. The van der Waals surface area contributed by atoms with Crippen molar-refractivity contribution in [2.45, 2.75) is 19.3 Å². The zero-order valence-corrected chi connectivity index (χ0v) is 12.5. The van der Waals surface area contributed by atoms with Gasteiger partial charge in [0.1, 0.15) is 5.82 Å². The van der Waals surface area contributed by atoms with Crippen molar-refractivity contribution < 1.29 is 8.91 Å². The minimum atomic E-state index is -0.320. The number of nitrogens with zero attached hydrogens (tertiary/aromatic N) is 2. The predicted octanol–water partition coefficient (Wildman–Crippen LogP) is 3.18. The van der Waals surface area contributed by atoms with Crippen LogP contribution in [0.3, 0.4) is 0 Å². The van der Waals surface area contributed by atoms with Crippen LogP contribution in [0.2, 0.25) is 0 Å². The summed E-state index contributed by atoms with van der Waals surface area (Å²) >= 11 is 3.37. The first-order valence-corrected chi connectivity index (χ1v) is 7.50. The van der Waals surface area contributed by atoms with Crippen molar-refractivity contribution in [1.29, 1.82) is 0 Å². The third-order valence-corrected chi connectivity index (χ3v) is 4.19. The molecule has 20 heavy (non-hydrogen) atoms. The van der Waals surface area contributed by atoms with Crippen LogP contribution in [0.5, 0.6) is 0 Å². The maximum absolute atomic E-state index is 13.3. The minimum Gasteiger partial charge on any atom is -0.334 e. The smallest absolute Gasteiger partial charge is 0.259 e. The Labute approximate surface area is 124 Å². The van der Waals surface area contributed by atoms with E-state index in [2.05, 4.69) is 31.4 Å². The fourth-order valence-electron chi connectivity index (χ4n) is 2.46. The van der Waals surface area contributed by atoms with E-state index in [0.717, 1.165) is 24.0 Å². The monoisotopic (exact) mass is 339 g/mol. The quantitative estimate of drug-likeness (QED) is 0.932. The Morgan fingerprint density at radius 2 is 2.35 bits per heavy atom. The third-order valence-electron chi connectivity index (χ3n) is 3.50. The lowest BCUT2D eigenvalue weighted by Gasteiger charge is -2.20. The molecule has 4 nitrogen and oxygen atoms in total. The van der Waals surface area contributed by atoms with Gasteiger partial charge in [0.15, 0.2) is 5.82 Å². The largest absolute Gasteiger partial charge is 0.334 e. The highest BCUT2D eigenvalue weighted by atomic mass is 79.9. The van der Waals surface area contributed by atoms with E-state index in [1.165, 1.54) is 25.0 Å². The van der Waals surface area contributed by atoms with Gasteiger partial charge in [-0.3, -0.25) is 0 Å². The fourth-order valence-corrected chi connectivity index (χ4v) is 2.88. The zero-order valence-electron chi connectivity index (χ0n) is 10.9. The Hall–Kier alpha value is -1.27. The van der Waals surface area contributed by atoms with Gasteiger partial charge in [0.05, 0.1) is 5.56 Å². The van der Waals surface area contributed by atoms with Gasteiger partial charge in [-0.2, -0.15) is 4.98 Å². The predicted molar refractivity (Wildman–Crippen MR) is 76.7 cm³/mol. The van der Waals surface area contributed by atoms with E-state index in [1.54, 1.807) is 6.07 Å². The lowest BCUT2D eigenvalue weighted by molar-refractivity contribution is 0.360. The third kappa shape index (κ3) is 3.07. The molecule has 2 heterocycles. The van der Waals surface area contributed by atoms with Gasteiger partial charge in [-0.25, -0.2) is 4.39 Å². The summed E-state index contributed by atoms with van der Waals surface area (Å²) in [6.45, 7) is 2.08. The molecule has 1 N–H and O–H groups in total. The van der Waals surface area contributed by atoms with Crippen molar-refractivity contribution in [3.05, 3.63) is 34.3 Å². The Morgan fingerprint density at radius 3 is 3.15 bits per heavy atom. The average Bonchev–Trinajstić information content (AvgIpc) is 2.91. The highest BCUT2D eigenvalue weighted by Crippen LogP contribution is 2.28. The van der Waals surface area contributed by atoms with E-state index in [4.69, 9.17) is 4.52 Å². The van der Waals surface area contributed by atoms with Crippen molar-refractivity contribution in [1.82, 2.24) is 15.5 Å². The summed E-state index contributed by atoms with van der Waals surface area (Å²) in [6, 6.07) is 4.42. The molecule has 1 unspecified atom stereocenters.